The summed E-state index contributed by atoms with van der Waals surface area (Å²) in [5, 5.41) is 3.13. The number of nitrogens with zero attached hydrogens (tertiary/aromatic N) is 1. The largest absolute Gasteiger partial charge is 0.352 e. The van der Waals surface area contributed by atoms with E-state index in [1.165, 1.54) is 19.3 Å². The second-order valence-corrected chi connectivity index (χ2v) is 9.03. The normalized spacial score (nSPS) is 24.1. The second-order valence-electron chi connectivity index (χ2n) is 7.88. The molecule has 0 spiro atoms. The molecule has 1 saturated carbocycles. The van der Waals surface area contributed by atoms with Gasteiger partial charge in [-0.1, -0.05) is 37.0 Å². The minimum atomic E-state index is -0.372. The van der Waals surface area contributed by atoms with Crippen LogP contribution in [0, 0.1) is 12.8 Å². The fourth-order valence-electron chi connectivity index (χ4n) is 4.00. The van der Waals surface area contributed by atoms with Gasteiger partial charge in [0.2, 0.25) is 5.91 Å². The van der Waals surface area contributed by atoms with Crippen LogP contribution in [0.3, 0.4) is 0 Å². The maximum atomic E-state index is 13.3. The Bertz CT molecular complexity index is 638. The van der Waals surface area contributed by atoms with E-state index < -0.39 is 0 Å². The molecule has 2 atom stereocenters. The van der Waals surface area contributed by atoms with E-state index in [1.54, 1.807) is 11.8 Å². The summed E-state index contributed by atoms with van der Waals surface area (Å²) >= 11 is 1.79. The van der Waals surface area contributed by atoms with Crippen molar-refractivity contribution in [3.8, 4) is 0 Å². The zero-order chi connectivity index (χ0) is 18.7. The minimum Gasteiger partial charge on any atom is -0.352 e. The van der Waals surface area contributed by atoms with Crippen LogP contribution in [0.4, 0.5) is 0 Å². The van der Waals surface area contributed by atoms with Crippen LogP contribution in [0.25, 0.3) is 0 Å². The van der Waals surface area contributed by atoms with Crippen molar-refractivity contribution in [2.24, 2.45) is 5.92 Å². The minimum absolute atomic E-state index is 0.00511. The second kappa shape index (κ2) is 8.47. The van der Waals surface area contributed by atoms with E-state index in [2.05, 4.69) is 5.32 Å². The average Bonchev–Trinajstić information content (AvgIpc) is 3.07. The molecule has 1 aliphatic carbocycles. The Morgan fingerprint density at radius 1 is 1.12 bits per heavy atom. The number of hydrogen-bond donors (Lipinski definition) is 1. The highest BCUT2D eigenvalue weighted by molar-refractivity contribution is 8.00. The third kappa shape index (κ3) is 4.25. The summed E-state index contributed by atoms with van der Waals surface area (Å²) in [6, 6.07) is 7.41. The molecule has 2 aliphatic rings. The predicted octanol–water partition coefficient (Wildman–Crippen LogP) is 3.98. The zero-order valence-corrected chi connectivity index (χ0v) is 16.8. The highest BCUT2D eigenvalue weighted by Gasteiger charge is 2.45. The molecule has 5 heteroatoms. The lowest BCUT2D eigenvalue weighted by molar-refractivity contribution is -0.125. The molecule has 1 aromatic carbocycles. The Morgan fingerprint density at radius 2 is 1.77 bits per heavy atom. The first-order valence-electron chi connectivity index (χ1n) is 9.78. The van der Waals surface area contributed by atoms with Crippen LogP contribution in [0.5, 0.6) is 0 Å². The van der Waals surface area contributed by atoms with Gasteiger partial charge < -0.3 is 10.2 Å². The number of carbonyl (C=O) groups excluding carboxylic acids is 2. The molecule has 142 valence electrons. The molecule has 1 aliphatic heterocycles. The molecule has 0 bridgehead atoms. The standard InChI is InChI=1S/C21H30N2O2S/c1-14(2)22-19(24)18-13-26-21(17-7-5-4-6-8-17)23(18)20(25)16-11-9-15(3)10-12-16/h9-12,14,17-18,21H,4-8,13H2,1-3H3,(H,22,24). The van der Waals surface area contributed by atoms with E-state index in [4.69, 9.17) is 0 Å². The van der Waals surface area contributed by atoms with Crippen molar-refractivity contribution in [2.75, 3.05) is 5.75 Å². The van der Waals surface area contributed by atoms with Gasteiger partial charge in [-0.2, -0.15) is 0 Å². The SMILES string of the molecule is Cc1ccc(C(=O)N2C(C(=O)NC(C)C)CSC2C2CCCCC2)cc1. The summed E-state index contributed by atoms with van der Waals surface area (Å²) in [5.74, 6) is 1.16. The van der Waals surface area contributed by atoms with Gasteiger partial charge in [0, 0.05) is 17.4 Å². The van der Waals surface area contributed by atoms with Gasteiger partial charge >= 0.3 is 0 Å². The maximum Gasteiger partial charge on any atom is 0.255 e. The van der Waals surface area contributed by atoms with E-state index in [0.29, 0.717) is 17.2 Å². The first kappa shape index (κ1) is 19.3. The fraction of sp³-hybridized carbons (Fsp3) is 0.619. The summed E-state index contributed by atoms with van der Waals surface area (Å²) in [6.07, 6.45) is 6.08. The molecule has 1 aromatic rings. The number of benzene rings is 1. The number of rotatable bonds is 4. The Balaban J connectivity index is 1.86. The fourth-order valence-corrected chi connectivity index (χ4v) is 5.63. The van der Waals surface area contributed by atoms with Crippen LogP contribution in [0.15, 0.2) is 24.3 Å². The molecule has 26 heavy (non-hydrogen) atoms. The molecular formula is C21H30N2O2S. The van der Waals surface area contributed by atoms with Crippen molar-refractivity contribution in [3.63, 3.8) is 0 Å². The molecule has 0 aromatic heterocycles. The third-order valence-electron chi connectivity index (χ3n) is 5.35. The Hall–Kier alpha value is -1.49. The van der Waals surface area contributed by atoms with E-state index in [9.17, 15) is 9.59 Å². The lowest BCUT2D eigenvalue weighted by atomic mass is 9.88. The molecule has 1 saturated heterocycles. The quantitative estimate of drug-likeness (QED) is 0.867. The van der Waals surface area contributed by atoms with Crippen LogP contribution in [0.2, 0.25) is 0 Å². The molecule has 2 unspecified atom stereocenters. The molecule has 3 rings (SSSR count). The zero-order valence-electron chi connectivity index (χ0n) is 16.0. The van der Waals surface area contributed by atoms with Gasteiger partial charge in [-0.15, -0.1) is 11.8 Å². The Kier molecular flexibility index (Phi) is 6.28. The molecule has 2 fully saturated rings. The number of amides is 2. The lowest BCUT2D eigenvalue weighted by Crippen LogP contribution is -2.52. The van der Waals surface area contributed by atoms with Gasteiger partial charge in [-0.05, 0) is 51.7 Å². The number of nitrogens with one attached hydrogen (secondary N) is 1. The third-order valence-corrected chi connectivity index (χ3v) is 6.82. The van der Waals surface area contributed by atoms with Gasteiger partial charge in [0.15, 0.2) is 0 Å². The molecular weight excluding hydrogens is 344 g/mol. The van der Waals surface area contributed by atoms with Crippen LogP contribution < -0.4 is 5.32 Å². The van der Waals surface area contributed by atoms with Crippen molar-refractivity contribution in [1.29, 1.82) is 0 Å². The van der Waals surface area contributed by atoms with E-state index in [-0.39, 0.29) is 29.3 Å². The smallest absolute Gasteiger partial charge is 0.255 e. The van der Waals surface area contributed by atoms with E-state index in [0.717, 1.165) is 18.4 Å². The van der Waals surface area contributed by atoms with Gasteiger partial charge in [0.05, 0.1) is 5.37 Å². The number of hydrogen-bond acceptors (Lipinski definition) is 3. The average molecular weight is 375 g/mol. The Labute approximate surface area is 161 Å². The highest BCUT2D eigenvalue weighted by atomic mass is 32.2. The summed E-state index contributed by atoms with van der Waals surface area (Å²) in [5.41, 5.74) is 1.82. The molecule has 0 radical (unpaired) electrons. The van der Waals surface area contributed by atoms with Crippen LogP contribution in [-0.4, -0.2) is 39.9 Å². The van der Waals surface area contributed by atoms with Crippen molar-refractivity contribution in [1.82, 2.24) is 10.2 Å². The first-order chi connectivity index (χ1) is 12.5. The van der Waals surface area contributed by atoms with Crippen LogP contribution in [-0.2, 0) is 4.79 Å². The van der Waals surface area contributed by atoms with Crippen LogP contribution in [0.1, 0.15) is 61.9 Å². The van der Waals surface area contributed by atoms with Gasteiger partial charge in [0.25, 0.3) is 5.91 Å². The van der Waals surface area contributed by atoms with Crippen molar-refractivity contribution < 1.29 is 9.59 Å². The number of carbonyl (C=O) groups is 2. The highest BCUT2D eigenvalue weighted by Crippen LogP contribution is 2.41. The molecule has 1 heterocycles. The van der Waals surface area contributed by atoms with Crippen LogP contribution >= 0.6 is 11.8 Å². The summed E-state index contributed by atoms with van der Waals surface area (Å²) in [4.78, 5) is 28.0. The molecule has 4 nitrogen and oxygen atoms in total. The van der Waals surface area contributed by atoms with Gasteiger partial charge in [0.1, 0.15) is 6.04 Å². The summed E-state index contributed by atoms with van der Waals surface area (Å²) in [7, 11) is 0. The topological polar surface area (TPSA) is 49.4 Å². The summed E-state index contributed by atoms with van der Waals surface area (Å²) in [6.45, 7) is 5.94. The Morgan fingerprint density at radius 3 is 2.38 bits per heavy atom. The predicted molar refractivity (Wildman–Crippen MR) is 107 cm³/mol. The van der Waals surface area contributed by atoms with Gasteiger partial charge in [-0.25, -0.2) is 0 Å². The lowest BCUT2D eigenvalue weighted by Gasteiger charge is -2.35. The van der Waals surface area contributed by atoms with E-state index in [1.807, 2.05) is 49.9 Å². The molecule has 2 amide bonds. The van der Waals surface area contributed by atoms with Crippen molar-refractivity contribution in [2.45, 2.75) is 70.3 Å². The van der Waals surface area contributed by atoms with E-state index >= 15 is 0 Å². The first-order valence-corrected chi connectivity index (χ1v) is 10.8. The van der Waals surface area contributed by atoms with Crippen molar-refractivity contribution >= 4 is 23.6 Å². The van der Waals surface area contributed by atoms with Gasteiger partial charge in [-0.3, -0.25) is 9.59 Å². The number of thioether (sulfide) groups is 1. The van der Waals surface area contributed by atoms with Crippen molar-refractivity contribution in [3.05, 3.63) is 35.4 Å². The number of aryl methyl sites for hydroxylation is 1. The monoisotopic (exact) mass is 374 g/mol. The summed E-state index contributed by atoms with van der Waals surface area (Å²) < 4.78 is 0. The molecule has 1 N–H and O–H groups in total. The maximum absolute atomic E-state index is 13.3.